The third kappa shape index (κ3) is 4.27. The van der Waals surface area contributed by atoms with Crippen molar-refractivity contribution in [2.75, 3.05) is 13.2 Å². The lowest BCUT2D eigenvalue weighted by atomic mass is 10.0. The molecule has 0 radical (unpaired) electrons. The van der Waals surface area contributed by atoms with Crippen LogP contribution in [0.25, 0.3) is 22.0 Å². The lowest BCUT2D eigenvalue weighted by molar-refractivity contribution is 0.258. The number of benzene rings is 3. The summed E-state index contributed by atoms with van der Waals surface area (Å²) in [6.45, 7) is 1.30. The highest BCUT2D eigenvalue weighted by atomic mass is 32.2. The topological polar surface area (TPSA) is 83.3 Å². The molecule has 0 saturated carbocycles. The molecule has 1 aromatic heterocycles. The summed E-state index contributed by atoms with van der Waals surface area (Å²) in [5.41, 5.74) is 12.7. The molecule has 5 rings (SSSR count). The second-order valence-electron chi connectivity index (χ2n) is 8.13. The summed E-state index contributed by atoms with van der Waals surface area (Å²) >= 11 is 1.54. The number of H-pyrrole nitrogens is 1. The molecule has 3 aromatic carbocycles. The fraction of sp³-hybridized carbons (Fsp3) is 0.231. The standard InChI is InChI=1S/C26H27N3O2S/c27-14-17-5-7-18(8-6-17)20-11-19-9-10-31-26(19)25(13-20)32-29-22(16-30)12-21-15-28-24-4-2-1-3-23(21)24/h1-8,11,13,15,22,28-30H,9-10,12,14,16,27H2/t22-/m1/s1. The van der Waals surface area contributed by atoms with Gasteiger partial charge in [0.25, 0.3) is 0 Å². The molecule has 0 spiro atoms. The van der Waals surface area contributed by atoms with Gasteiger partial charge in [0, 0.05) is 36.1 Å². The van der Waals surface area contributed by atoms with E-state index in [-0.39, 0.29) is 12.6 Å². The first kappa shape index (κ1) is 21.1. The smallest absolute Gasteiger partial charge is 0.137 e. The number of rotatable bonds is 8. The highest BCUT2D eigenvalue weighted by molar-refractivity contribution is 7.97. The summed E-state index contributed by atoms with van der Waals surface area (Å²) < 4.78 is 9.41. The molecule has 0 aliphatic carbocycles. The van der Waals surface area contributed by atoms with Crippen LogP contribution in [0.1, 0.15) is 16.7 Å². The van der Waals surface area contributed by atoms with Crippen molar-refractivity contribution in [3.05, 3.63) is 83.6 Å². The normalized spacial score (nSPS) is 13.8. The predicted octanol–water partition coefficient (Wildman–Crippen LogP) is 4.43. The quantitative estimate of drug-likeness (QED) is 0.302. The molecule has 164 valence electrons. The van der Waals surface area contributed by atoms with Gasteiger partial charge in [0.05, 0.1) is 18.1 Å². The lowest BCUT2D eigenvalue weighted by Crippen LogP contribution is -2.29. The number of ether oxygens (including phenoxy) is 1. The number of aliphatic hydroxyl groups excluding tert-OH is 1. The van der Waals surface area contributed by atoms with Crippen LogP contribution in [0.2, 0.25) is 0 Å². The van der Waals surface area contributed by atoms with E-state index in [1.807, 2.05) is 18.3 Å². The molecule has 32 heavy (non-hydrogen) atoms. The molecule has 2 heterocycles. The Balaban J connectivity index is 1.36. The molecular weight excluding hydrogens is 418 g/mol. The maximum atomic E-state index is 10.0. The summed E-state index contributed by atoms with van der Waals surface area (Å²) in [7, 11) is 0. The first-order chi connectivity index (χ1) is 15.7. The van der Waals surface area contributed by atoms with Crippen LogP contribution in [0.15, 0.2) is 71.8 Å². The first-order valence-electron chi connectivity index (χ1n) is 10.9. The highest BCUT2D eigenvalue weighted by Gasteiger charge is 2.20. The van der Waals surface area contributed by atoms with E-state index in [1.165, 1.54) is 34.0 Å². The van der Waals surface area contributed by atoms with Crippen molar-refractivity contribution < 1.29 is 9.84 Å². The van der Waals surface area contributed by atoms with Crippen molar-refractivity contribution in [3.63, 3.8) is 0 Å². The minimum absolute atomic E-state index is 0.0514. The Bertz CT molecular complexity index is 1220. The summed E-state index contributed by atoms with van der Waals surface area (Å²) in [6, 6.07) is 21.0. The zero-order valence-corrected chi connectivity index (χ0v) is 18.6. The van der Waals surface area contributed by atoms with Gasteiger partial charge in [0.15, 0.2) is 0 Å². The maximum absolute atomic E-state index is 10.0. The van der Waals surface area contributed by atoms with Gasteiger partial charge < -0.3 is 20.6 Å². The summed E-state index contributed by atoms with van der Waals surface area (Å²) in [4.78, 5) is 4.37. The van der Waals surface area contributed by atoms with Gasteiger partial charge in [-0.25, -0.2) is 0 Å². The van der Waals surface area contributed by atoms with E-state index in [4.69, 9.17) is 10.5 Å². The molecule has 1 aliphatic heterocycles. The van der Waals surface area contributed by atoms with Crippen molar-refractivity contribution in [1.29, 1.82) is 0 Å². The Morgan fingerprint density at radius 1 is 1.09 bits per heavy atom. The second-order valence-corrected chi connectivity index (χ2v) is 9.00. The molecule has 0 unspecified atom stereocenters. The summed E-state index contributed by atoms with van der Waals surface area (Å²) in [5, 5.41) is 11.2. The van der Waals surface area contributed by atoms with Crippen LogP contribution < -0.4 is 15.2 Å². The van der Waals surface area contributed by atoms with Gasteiger partial charge in [-0.3, -0.25) is 4.72 Å². The molecule has 4 aromatic rings. The predicted molar refractivity (Wildman–Crippen MR) is 131 cm³/mol. The summed E-state index contributed by atoms with van der Waals surface area (Å²) in [5.74, 6) is 0.952. The van der Waals surface area contributed by atoms with E-state index >= 15 is 0 Å². The number of nitrogens with one attached hydrogen (secondary N) is 2. The third-order valence-electron chi connectivity index (χ3n) is 5.97. The van der Waals surface area contributed by atoms with Gasteiger partial charge in [-0.05, 0) is 64.4 Å². The summed E-state index contributed by atoms with van der Waals surface area (Å²) in [6.07, 6.45) is 3.68. The van der Waals surface area contributed by atoms with Gasteiger partial charge in [-0.15, -0.1) is 0 Å². The number of para-hydroxylation sites is 1. The van der Waals surface area contributed by atoms with Crippen molar-refractivity contribution >= 4 is 22.9 Å². The maximum Gasteiger partial charge on any atom is 0.137 e. The molecular formula is C26H27N3O2S. The van der Waals surface area contributed by atoms with Gasteiger partial charge in [-0.2, -0.15) is 0 Å². The van der Waals surface area contributed by atoms with E-state index in [1.54, 1.807) is 0 Å². The van der Waals surface area contributed by atoms with Gasteiger partial charge in [0.2, 0.25) is 0 Å². The van der Waals surface area contributed by atoms with Crippen molar-refractivity contribution in [1.82, 2.24) is 9.71 Å². The molecule has 1 atom stereocenters. The highest BCUT2D eigenvalue weighted by Crippen LogP contribution is 2.39. The van der Waals surface area contributed by atoms with Crippen LogP contribution in [-0.2, 0) is 19.4 Å². The Morgan fingerprint density at radius 2 is 1.94 bits per heavy atom. The van der Waals surface area contributed by atoms with Crippen molar-refractivity contribution in [3.8, 4) is 16.9 Å². The Morgan fingerprint density at radius 3 is 2.75 bits per heavy atom. The SMILES string of the molecule is NCc1ccc(-c2cc3c(c(SN[C@@H](CO)Cc4c[nH]c5ccccc45)c2)OCC3)cc1. The van der Waals surface area contributed by atoms with Crippen molar-refractivity contribution in [2.24, 2.45) is 5.73 Å². The largest absolute Gasteiger partial charge is 0.492 e. The third-order valence-corrected chi connectivity index (χ3v) is 6.94. The lowest BCUT2D eigenvalue weighted by Gasteiger charge is -2.17. The molecule has 0 saturated heterocycles. The number of aromatic amines is 1. The number of hydrogen-bond donors (Lipinski definition) is 4. The van der Waals surface area contributed by atoms with Crippen LogP contribution in [0, 0.1) is 0 Å². The number of fused-ring (bicyclic) bond motifs is 2. The molecule has 0 amide bonds. The fourth-order valence-corrected chi connectivity index (χ4v) is 5.12. The number of hydrogen-bond acceptors (Lipinski definition) is 5. The number of aromatic nitrogens is 1. The zero-order valence-electron chi connectivity index (χ0n) is 17.8. The van der Waals surface area contributed by atoms with Crippen LogP contribution >= 0.6 is 11.9 Å². The molecule has 6 heteroatoms. The Hall–Kier alpha value is -2.77. The molecule has 0 fully saturated rings. The average molecular weight is 446 g/mol. The second kappa shape index (κ2) is 9.38. The van der Waals surface area contributed by atoms with Crippen LogP contribution in [0.4, 0.5) is 0 Å². The van der Waals surface area contributed by atoms with E-state index in [2.05, 4.69) is 58.2 Å². The van der Waals surface area contributed by atoms with E-state index in [0.717, 1.165) is 40.1 Å². The molecule has 1 aliphatic rings. The Labute approximate surface area is 192 Å². The first-order valence-corrected chi connectivity index (χ1v) is 11.7. The van der Waals surface area contributed by atoms with Gasteiger partial charge >= 0.3 is 0 Å². The van der Waals surface area contributed by atoms with Crippen molar-refractivity contribution in [2.45, 2.75) is 30.3 Å². The molecule has 5 nitrogen and oxygen atoms in total. The molecule has 0 bridgehead atoms. The minimum atomic E-state index is -0.0799. The molecule has 5 N–H and O–H groups in total. The average Bonchev–Trinajstić information content (AvgIpc) is 3.48. The fourth-order valence-electron chi connectivity index (χ4n) is 4.20. The van der Waals surface area contributed by atoms with Crippen LogP contribution in [0.3, 0.4) is 0 Å². The Kier molecular flexibility index (Phi) is 6.19. The van der Waals surface area contributed by atoms with Gasteiger partial charge in [0.1, 0.15) is 5.75 Å². The van der Waals surface area contributed by atoms with E-state index in [0.29, 0.717) is 13.2 Å². The van der Waals surface area contributed by atoms with E-state index < -0.39 is 0 Å². The van der Waals surface area contributed by atoms with E-state index in [9.17, 15) is 5.11 Å². The van der Waals surface area contributed by atoms with Gasteiger partial charge in [-0.1, -0.05) is 42.5 Å². The van der Waals surface area contributed by atoms with Crippen LogP contribution in [0.5, 0.6) is 5.75 Å². The van der Waals surface area contributed by atoms with Crippen LogP contribution in [-0.4, -0.2) is 29.3 Å². The number of nitrogens with two attached hydrogens (primary N) is 1. The minimum Gasteiger partial charge on any atom is -0.492 e. The number of aliphatic hydroxyl groups is 1. The monoisotopic (exact) mass is 445 g/mol. The zero-order chi connectivity index (χ0) is 21.9.